The first-order valence-electron chi connectivity index (χ1n) is 13.3. The van der Waals surface area contributed by atoms with E-state index in [2.05, 4.69) is 17.2 Å². The SMILES string of the molecule is CCCCCCCCCCCCCC(=O)N[C@@H](CCC(=O)O)C(=O)O.NC(N)=NCCC[C@H](N)C(=O)O. The number of nitrogens with two attached hydrogens (primary N) is 3. The Morgan fingerprint density at radius 2 is 1.24 bits per heavy atom. The zero-order valence-corrected chi connectivity index (χ0v) is 22.3. The summed E-state index contributed by atoms with van der Waals surface area (Å²) in [6.07, 6.45) is 14.0. The van der Waals surface area contributed by atoms with Crippen molar-refractivity contribution in [3.63, 3.8) is 0 Å². The number of rotatable bonds is 22. The molecule has 10 N–H and O–H groups in total. The third-order valence-electron chi connectivity index (χ3n) is 5.57. The number of aliphatic imine (C=N–C) groups is 1. The molecule has 0 heterocycles. The van der Waals surface area contributed by atoms with Crippen LogP contribution in [0.1, 0.15) is 110 Å². The molecule has 37 heavy (non-hydrogen) atoms. The number of carboxylic acid groups (broad SMARTS) is 3. The molecule has 0 aliphatic carbocycles. The fourth-order valence-electron chi connectivity index (χ4n) is 3.38. The van der Waals surface area contributed by atoms with Gasteiger partial charge in [0.15, 0.2) is 5.96 Å². The first-order chi connectivity index (χ1) is 17.5. The number of hydrogen-bond acceptors (Lipinski definition) is 6. The Balaban J connectivity index is 0. The fraction of sp³-hybridized carbons (Fsp3) is 0.800. The molecule has 0 aromatic rings. The maximum absolute atomic E-state index is 11.7. The van der Waals surface area contributed by atoms with Gasteiger partial charge in [0.05, 0.1) is 0 Å². The van der Waals surface area contributed by atoms with Crippen LogP contribution in [0.5, 0.6) is 0 Å². The van der Waals surface area contributed by atoms with Crippen molar-refractivity contribution in [3.05, 3.63) is 0 Å². The minimum Gasteiger partial charge on any atom is -0.481 e. The van der Waals surface area contributed by atoms with Crippen LogP contribution in [0.2, 0.25) is 0 Å². The van der Waals surface area contributed by atoms with E-state index in [1.165, 1.54) is 51.4 Å². The molecular formula is C25H49N5O7. The summed E-state index contributed by atoms with van der Waals surface area (Å²) in [5, 5.41) is 28.4. The zero-order valence-electron chi connectivity index (χ0n) is 22.3. The monoisotopic (exact) mass is 531 g/mol. The molecule has 0 aliphatic heterocycles. The molecular weight excluding hydrogens is 482 g/mol. The van der Waals surface area contributed by atoms with E-state index in [1.54, 1.807) is 0 Å². The number of unbranched alkanes of at least 4 members (excludes halogenated alkanes) is 10. The van der Waals surface area contributed by atoms with E-state index in [0.29, 0.717) is 25.8 Å². The van der Waals surface area contributed by atoms with E-state index in [9.17, 15) is 19.2 Å². The Labute approximate surface area is 220 Å². The van der Waals surface area contributed by atoms with Crippen LogP contribution in [0, 0.1) is 0 Å². The third-order valence-corrected chi connectivity index (χ3v) is 5.57. The van der Waals surface area contributed by atoms with Gasteiger partial charge >= 0.3 is 17.9 Å². The molecule has 0 fully saturated rings. The number of amides is 1. The molecule has 0 saturated heterocycles. The molecule has 0 unspecified atom stereocenters. The Morgan fingerprint density at radius 3 is 1.68 bits per heavy atom. The van der Waals surface area contributed by atoms with Gasteiger partial charge in [-0.15, -0.1) is 0 Å². The summed E-state index contributed by atoms with van der Waals surface area (Å²) in [4.78, 5) is 47.1. The summed E-state index contributed by atoms with van der Waals surface area (Å²) in [5.41, 5.74) is 15.3. The smallest absolute Gasteiger partial charge is 0.326 e. The number of aliphatic carboxylic acids is 3. The molecule has 0 radical (unpaired) electrons. The highest BCUT2D eigenvalue weighted by Crippen LogP contribution is 2.12. The van der Waals surface area contributed by atoms with Crippen molar-refractivity contribution in [1.82, 2.24) is 5.32 Å². The minimum absolute atomic E-state index is 0.0129. The van der Waals surface area contributed by atoms with Gasteiger partial charge in [0.2, 0.25) is 5.91 Å². The van der Waals surface area contributed by atoms with Crippen LogP contribution in [0.15, 0.2) is 4.99 Å². The van der Waals surface area contributed by atoms with Crippen molar-refractivity contribution in [1.29, 1.82) is 0 Å². The second kappa shape index (κ2) is 24.8. The van der Waals surface area contributed by atoms with Gasteiger partial charge in [-0.3, -0.25) is 19.4 Å². The number of hydrogen-bond donors (Lipinski definition) is 7. The second-order valence-corrected chi connectivity index (χ2v) is 9.07. The van der Waals surface area contributed by atoms with E-state index < -0.39 is 30.0 Å². The topological polar surface area (TPSA) is 231 Å². The van der Waals surface area contributed by atoms with Crippen molar-refractivity contribution >= 4 is 29.8 Å². The van der Waals surface area contributed by atoms with Gasteiger partial charge in [0, 0.05) is 19.4 Å². The number of carboxylic acids is 3. The summed E-state index contributed by atoms with van der Waals surface area (Å²) in [5.74, 6) is -3.55. The number of carbonyl (C=O) groups is 4. The molecule has 0 aromatic carbocycles. The van der Waals surface area contributed by atoms with E-state index >= 15 is 0 Å². The van der Waals surface area contributed by atoms with Gasteiger partial charge in [-0.05, 0) is 25.7 Å². The van der Waals surface area contributed by atoms with Gasteiger partial charge in [-0.2, -0.15) is 0 Å². The molecule has 2 atom stereocenters. The van der Waals surface area contributed by atoms with Gasteiger partial charge < -0.3 is 37.8 Å². The van der Waals surface area contributed by atoms with Crippen LogP contribution in [-0.4, -0.2) is 63.7 Å². The number of guanidine groups is 1. The van der Waals surface area contributed by atoms with Crippen molar-refractivity contribution in [2.45, 2.75) is 122 Å². The maximum atomic E-state index is 11.7. The minimum atomic E-state index is -1.19. The normalized spacial score (nSPS) is 11.9. The highest BCUT2D eigenvalue weighted by Gasteiger charge is 2.20. The van der Waals surface area contributed by atoms with Crippen LogP contribution in [0.3, 0.4) is 0 Å². The molecule has 0 rings (SSSR count). The molecule has 0 bridgehead atoms. The predicted octanol–water partition coefficient (Wildman–Crippen LogP) is 2.57. The molecule has 1 amide bonds. The molecule has 12 nitrogen and oxygen atoms in total. The number of nitrogens with one attached hydrogen (secondary N) is 1. The van der Waals surface area contributed by atoms with Crippen molar-refractivity contribution < 1.29 is 34.5 Å². The van der Waals surface area contributed by atoms with Crippen LogP contribution in [0.4, 0.5) is 0 Å². The van der Waals surface area contributed by atoms with E-state index in [4.69, 9.17) is 32.5 Å². The van der Waals surface area contributed by atoms with Crippen molar-refractivity contribution in [2.24, 2.45) is 22.2 Å². The first kappa shape index (κ1) is 36.3. The molecule has 0 aliphatic rings. The average molecular weight is 532 g/mol. The van der Waals surface area contributed by atoms with Crippen LogP contribution in [-0.2, 0) is 19.2 Å². The molecule has 0 saturated carbocycles. The Kier molecular flexibility index (Phi) is 24.3. The molecule has 0 aromatic heterocycles. The summed E-state index contributed by atoms with van der Waals surface area (Å²) in [6, 6.07) is -1.93. The molecule has 0 spiro atoms. The lowest BCUT2D eigenvalue weighted by molar-refractivity contribution is -0.143. The Hall–Kier alpha value is -2.89. The van der Waals surface area contributed by atoms with Crippen molar-refractivity contribution in [3.8, 4) is 0 Å². The largest absolute Gasteiger partial charge is 0.481 e. The highest BCUT2D eigenvalue weighted by atomic mass is 16.4. The summed E-state index contributed by atoms with van der Waals surface area (Å²) in [7, 11) is 0. The number of nitrogens with zero attached hydrogens (tertiary/aromatic N) is 1. The quantitative estimate of drug-likeness (QED) is 0.0612. The lowest BCUT2D eigenvalue weighted by Crippen LogP contribution is -2.41. The Morgan fingerprint density at radius 1 is 0.730 bits per heavy atom. The summed E-state index contributed by atoms with van der Waals surface area (Å²) < 4.78 is 0. The number of carbonyl (C=O) groups excluding carboxylic acids is 1. The Bertz CT molecular complexity index is 670. The summed E-state index contributed by atoms with van der Waals surface area (Å²) in [6.45, 7) is 2.64. The second-order valence-electron chi connectivity index (χ2n) is 9.07. The van der Waals surface area contributed by atoms with Crippen LogP contribution < -0.4 is 22.5 Å². The van der Waals surface area contributed by atoms with Crippen LogP contribution in [0.25, 0.3) is 0 Å². The average Bonchev–Trinajstić information content (AvgIpc) is 2.82. The maximum Gasteiger partial charge on any atom is 0.326 e. The molecule has 216 valence electrons. The van der Waals surface area contributed by atoms with Gasteiger partial charge in [-0.1, -0.05) is 71.1 Å². The fourth-order valence-corrected chi connectivity index (χ4v) is 3.38. The first-order valence-corrected chi connectivity index (χ1v) is 13.3. The lowest BCUT2D eigenvalue weighted by Gasteiger charge is -2.13. The standard InChI is InChI=1S/C19H35NO5.C6H14N4O2/c1-2-3-4-5-6-7-8-9-10-11-12-13-17(21)20-16(19(24)25)14-15-18(22)23;7-4(5(11)12)2-1-3-10-6(8)9/h16H,2-15H2,1H3,(H,20,21)(H,22,23)(H,24,25);4H,1-3,7H2,(H,11,12)(H4,8,9,10)/t16-;4-/m00/s1. The third kappa shape index (κ3) is 27.5. The zero-order chi connectivity index (χ0) is 28.5. The van der Waals surface area contributed by atoms with E-state index in [-0.39, 0.29) is 24.7 Å². The predicted molar refractivity (Wildman–Crippen MR) is 143 cm³/mol. The summed E-state index contributed by atoms with van der Waals surface area (Å²) >= 11 is 0. The van der Waals surface area contributed by atoms with Crippen LogP contribution >= 0.6 is 0 Å². The van der Waals surface area contributed by atoms with Gasteiger partial charge in [0.25, 0.3) is 0 Å². The van der Waals surface area contributed by atoms with E-state index in [0.717, 1.165) is 19.3 Å². The van der Waals surface area contributed by atoms with Crippen molar-refractivity contribution in [2.75, 3.05) is 6.54 Å². The highest BCUT2D eigenvalue weighted by molar-refractivity contribution is 5.83. The van der Waals surface area contributed by atoms with Gasteiger partial charge in [0.1, 0.15) is 12.1 Å². The van der Waals surface area contributed by atoms with E-state index in [1.807, 2.05) is 0 Å². The lowest BCUT2D eigenvalue weighted by atomic mass is 10.0. The molecule has 12 heteroatoms. The van der Waals surface area contributed by atoms with Gasteiger partial charge in [-0.25, -0.2) is 4.79 Å².